The lowest BCUT2D eigenvalue weighted by Crippen LogP contribution is -2.41. The topological polar surface area (TPSA) is 89.4 Å². The van der Waals surface area contributed by atoms with E-state index in [1.54, 1.807) is 24.9 Å². The number of ether oxygens (including phenoxy) is 1. The number of nitrogens with zero attached hydrogens (tertiary/aromatic N) is 1. The van der Waals surface area contributed by atoms with Crippen LogP contribution in [0.15, 0.2) is 17.1 Å². The Balaban J connectivity index is 0.000000547. The predicted octanol–water partition coefficient (Wildman–Crippen LogP) is 2.41. The number of methoxy groups -OCH3 is 1. The highest BCUT2D eigenvalue weighted by molar-refractivity contribution is 8.14. The van der Waals surface area contributed by atoms with E-state index in [9.17, 15) is 8.78 Å². The summed E-state index contributed by atoms with van der Waals surface area (Å²) in [6, 6.07) is 2.58. The first-order valence-corrected chi connectivity index (χ1v) is 11.1. The average molecular weight is 472 g/mol. The van der Waals surface area contributed by atoms with Crippen molar-refractivity contribution in [1.82, 2.24) is 5.32 Å². The number of benzene rings is 1. The van der Waals surface area contributed by atoms with Crippen LogP contribution in [-0.4, -0.2) is 61.6 Å². The average Bonchev–Trinajstić information content (AvgIpc) is 3.51. The van der Waals surface area contributed by atoms with Gasteiger partial charge in [0.2, 0.25) is 0 Å². The number of carbonyl (C=O) groups excluding carboxylic acids is 1. The van der Waals surface area contributed by atoms with E-state index in [1.165, 1.54) is 13.2 Å². The molecule has 2 saturated heterocycles. The summed E-state index contributed by atoms with van der Waals surface area (Å²) < 4.78 is 44.9. The standard InChI is InChI=1S/C18H23BF2N2O2S.C2H4O2.CH4O/c1-17(2)18(3,4)25-19(24-17)9-6-11(14(21)12(20)7-9)15-10-8-13(10)26-16(22-5)23-15;1-4-2-3;1-2/h6-7,10,13,15H,8H2,1-5H3,(H,22,23);2H,1H3;2H,1H3. The molecule has 0 radical (unpaired) electrons. The SMILES string of the molecule is CN=C1NC(c2cc(B3OC(C)(C)C(C)(C)O3)cc(F)c2F)C2CC2S1.CO.COC=O. The van der Waals surface area contributed by atoms with Crippen LogP contribution in [0.2, 0.25) is 0 Å². The Bertz CT molecular complexity index is 840. The van der Waals surface area contributed by atoms with Crippen molar-refractivity contribution in [3.05, 3.63) is 29.3 Å². The first-order valence-electron chi connectivity index (χ1n) is 10.2. The molecule has 0 bridgehead atoms. The van der Waals surface area contributed by atoms with Gasteiger partial charge in [-0.3, -0.25) is 9.79 Å². The Hall–Kier alpha value is -1.69. The predicted molar refractivity (Wildman–Crippen MR) is 122 cm³/mol. The molecule has 2 N–H and O–H groups in total. The van der Waals surface area contributed by atoms with Crippen LogP contribution >= 0.6 is 11.8 Å². The number of aliphatic hydroxyl groups is 1. The van der Waals surface area contributed by atoms with E-state index in [1.807, 2.05) is 27.7 Å². The van der Waals surface area contributed by atoms with E-state index in [0.717, 1.165) is 18.7 Å². The van der Waals surface area contributed by atoms with Crippen molar-refractivity contribution in [1.29, 1.82) is 0 Å². The van der Waals surface area contributed by atoms with Crippen LogP contribution in [0, 0.1) is 17.6 Å². The van der Waals surface area contributed by atoms with Gasteiger partial charge in [0, 0.05) is 25.0 Å². The zero-order valence-electron chi connectivity index (χ0n) is 19.4. The first kappa shape index (κ1) is 26.6. The molecule has 4 rings (SSSR count). The van der Waals surface area contributed by atoms with Gasteiger partial charge in [-0.15, -0.1) is 0 Å². The van der Waals surface area contributed by atoms with E-state index in [4.69, 9.17) is 19.2 Å². The Kier molecular flexibility index (Phi) is 8.72. The second-order valence-electron chi connectivity index (χ2n) is 8.53. The van der Waals surface area contributed by atoms with Crippen LogP contribution in [0.4, 0.5) is 8.78 Å². The third-order valence-electron chi connectivity index (χ3n) is 5.99. The van der Waals surface area contributed by atoms with Crippen LogP contribution in [0.1, 0.15) is 45.7 Å². The van der Waals surface area contributed by atoms with Gasteiger partial charge >= 0.3 is 7.12 Å². The molecule has 1 saturated carbocycles. The highest BCUT2D eigenvalue weighted by Crippen LogP contribution is 2.53. The van der Waals surface area contributed by atoms with Crippen molar-refractivity contribution in [2.75, 3.05) is 21.3 Å². The molecule has 3 atom stereocenters. The summed E-state index contributed by atoms with van der Waals surface area (Å²) >= 11 is 1.67. The molecule has 3 aliphatic rings. The number of aliphatic imine (C=N–C) groups is 1. The van der Waals surface area contributed by atoms with Crippen LogP contribution in [0.3, 0.4) is 0 Å². The number of amidine groups is 1. The second kappa shape index (κ2) is 10.5. The molecule has 1 aromatic carbocycles. The van der Waals surface area contributed by atoms with Crippen molar-refractivity contribution in [3.63, 3.8) is 0 Å². The van der Waals surface area contributed by atoms with E-state index >= 15 is 0 Å². The maximum absolute atomic E-state index is 14.6. The van der Waals surface area contributed by atoms with Crippen LogP contribution in [0.5, 0.6) is 0 Å². The number of carbonyl (C=O) groups is 1. The Morgan fingerprint density at radius 1 is 1.25 bits per heavy atom. The molecule has 178 valence electrons. The van der Waals surface area contributed by atoms with Crippen molar-refractivity contribution >= 4 is 36.0 Å². The minimum Gasteiger partial charge on any atom is -0.471 e. The fourth-order valence-corrected chi connectivity index (χ4v) is 4.73. The van der Waals surface area contributed by atoms with E-state index in [2.05, 4.69) is 15.0 Å². The van der Waals surface area contributed by atoms with Gasteiger partial charge in [0.25, 0.3) is 6.47 Å². The fraction of sp³-hybridized carbons (Fsp3) is 0.619. The highest BCUT2D eigenvalue weighted by Gasteiger charge is 2.53. The maximum atomic E-state index is 14.6. The largest absolute Gasteiger partial charge is 0.494 e. The number of thioether (sulfide) groups is 1. The summed E-state index contributed by atoms with van der Waals surface area (Å²) in [7, 11) is 3.29. The zero-order chi connectivity index (χ0) is 24.3. The van der Waals surface area contributed by atoms with Gasteiger partial charge in [0.1, 0.15) is 0 Å². The van der Waals surface area contributed by atoms with E-state index in [-0.39, 0.29) is 12.0 Å². The van der Waals surface area contributed by atoms with Gasteiger partial charge in [-0.25, -0.2) is 8.78 Å². The molecule has 3 fully saturated rings. The number of hydrogen-bond acceptors (Lipinski definition) is 7. The molecule has 1 aromatic rings. The summed E-state index contributed by atoms with van der Waals surface area (Å²) in [6.45, 7) is 8.12. The molecular weight excluding hydrogens is 441 g/mol. The molecule has 0 amide bonds. The van der Waals surface area contributed by atoms with Crippen LogP contribution in [0.25, 0.3) is 0 Å². The summed E-state index contributed by atoms with van der Waals surface area (Å²) in [4.78, 5) is 13.1. The third kappa shape index (κ3) is 5.44. The molecule has 2 aliphatic heterocycles. The maximum Gasteiger partial charge on any atom is 0.494 e. The lowest BCUT2D eigenvalue weighted by atomic mass is 9.77. The summed E-state index contributed by atoms with van der Waals surface area (Å²) in [5, 5.41) is 11.4. The Morgan fingerprint density at radius 2 is 1.81 bits per heavy atom. The number of aliphatic hydroxyl groups excluding tert-OH is 1. The quantitative estimate of drug-likeness (QED) is 0.516. The lowest BCUT2D eigenvalue weighted by Gasteiger charge is -2.32. The van der Waals surface area contributed by atoms with Gasteiger partial charge in [0.15, 0.2) is 16.8 Å². The molecule has 11 heteroatoms. The summed E-state index contributed by atoms with van der Waals surface area (Å²) in [5.74, 6) is -1.40. The molecule has 2 heterocycles. The van der Waals surface area contributed by atoms with Gasteiger partial charge in [-0.1, -0.05) is 17.8 Å². The smallest absolute Gasteiger partial charge is 0.471 e. The van der Waals surface area contributed by atoms with Gasteiger partial charge in [-0.2, -0.15) is 0 Å². The molecule has 7 nitrogen and oxygen atoms in total. The summed E-state index contributed by atoms with van der Waals surface area (Å²) in [6.07, 6.45) is 0.975. The number of nitrogens with one attached hydrogen (secondary N) is 1. The minimum absolute atomic E-state index is 0.281. The van der Waals surface area contributed by atoms with Crippen LogP contribution in [-0.2, 0) is 18.8 Å². The minimum atomic E-state index is -0.876. The zero-order valence-corrected chi connectivity index (χ0v) is 20.3. The van der Waals surface area contributed by atoms with Crippen molar-refractivity contribution in [2.24, 2.45) is 10.9 Å². The second-order valence-corrected chi connectivity index (χ2v) is 9.76. The fourth-order valence-electron chi connectivity index (χ4n) is 3.49. The number of rotatable bonds is 3. The molecule has 3 unspecified atom stereocenters. The Morgan fingerprint density at radius 3 is 2.31 bits per heavy atom. The van der Waals surface area contributed by atoms with E-state index in [0.29, 0.717) is 22.7 Å². The van der Waals surface area contributed by atoms with Crippen LogP contribution < -0.4 is 10.8 Å². The highest BCUT2D eigenvalue weighted by atomic mass is 32.2. The Labute approximate surface area is 192 Å². The molecule has 1 aliphatic carbocycles. The summed E-state index contributed by atoms with van der Waals surface area (Å²) in [5.41, 5.74) is -0.244. The molecule has 0 spiro atoms. The molecular formula is C21H31BF2N2O5S. The third-order valence-corrected chi connectivity index (χ3v) is 7.36. The van der Waals surface area contributed by atoms with Crippen molar-refractivity contribution in [2.45, 2.75) is 56.6 Å². The normalized spacial score (nSPS) is 27.8. The van der Waals surface area contributed by atoms with E-state index < -0.39 is 30.0 Å². The van der Waals surface area contributed by atoms with Crippen molar-refractivity contribution in [3.8, 4) is 0 Å². The molecule has 0 aromatic heterocycles. The van der Waals surface area contributed by atoms with Crippen molar-refractivity contribution < 1.29 is 32.7 Å². The lowest BCUT2D eigenvalue weighted by molar-refractivity contribution is -0.126. The van der Waals surface area contributed by atoms with Gasteiger partial charge in [0.05, 0.1) is 24.4 Å². The number of fused-ring (bicyclic) bond motifs is 1. The van der Waals surface area contributed by atoms with Gasteiger partial charge in [-0.05, 0) is 51.6 Å². The van der Waals surface area contributed by atoms with Gasteiger partial charge < -0.3 is 24.5 Å². The number of halogens is 2. The first-order chi connectivity index (χ1) is 15.0. The number of hydrogen-bond donors (Lipinski definition) is 2. The molecule has 32 heavy (non-hydrogen) atoms. The monoisotopic (exact) mass is 472 g/mol.